The molecule has 0 radical (unpaired) electrons. The summed E-state index contributed by atoms with van der Waals surface area (Å²) >= 11 is 0. The maximum absolute atomic E-state index is 12.4. The van der Waals surface area contributed by atoms with Crippen molar-refractivity contribution >= 4 is 27.3 Å². The van der Waals surface area contributed by atoms with E-state index in [0.29, 0.717) is 17.1 Å². The number of para-hydroxylation sites is 1. The van der Waals surface area contributed by atoms with Gasteiger partial charge in [0.05, 0.1) is 10.6 Å². The Morgan fingerprint density at radius 2 is 1.87 bits per heavy atom. The van der Waals surface area contributed by atoms with Crippen molar-refractivity contribution in [2.24, 2.45) is 0 Å². The Morgan fingerprint density at radius 1 is 1.16 bits per heavy atom. The monoisotopic (exact) mass is 436 g/mol. The normalized spacial score (nSPS) is 19.1. The number of anilines is 2. The number of sulfone groups is 1. The van der Waals surface area contributed by atoms with Crippen molar-refractivity contribution in [1.82, 2.24) is 0 Å². The summed E-state index contributed by atoms with van der Waals surface area (Å²) in [6.45, 7) is 4.09. The van der Waals surface area contributed by atoms with E-state index < -0.39 is 15.4 Å². The molecule has 0 N–H and O–H groups in total. The van der Waals surface area contributed by atoms with Gasteiger partial charge in [0.15, 0.2) is 21.8 Å². The second-order valence-corrected chi connectivity index (χ2v) is 10.7. The number of allylic oxidation sites excluding steroid dienone is 1. The number of ether oxygens (including phenoxy) is 1. The highest BCUT2D eigenvalue weighted by molar-refractivity contribution is 7.90. The summed E-state index contributed by atoms with van der Waals surface area (Å²) in [5.41, 5.74) is 6.79. The zero-order chi connectivity index (χ0) is 22.4. The van der Waals surface area contributed by atoms with Gasteiger partial charge in [-0.05, 0) is 49.2 Å². The van der Waals surface area contributed by atoms with Crippen molar-refractivity contribution in [3.05, 3.63) is 77.2 Å². The van der Waals surface area contributed by atoms with Crippen molar-refractivity contribution in [3.63, 3.8) is 0 Å². The summed E-state index contributed by atoms with van der Waals surface area (Å²) in [7, 11) is 0.696. The molecule has 0 aliphatic carbocycles. The molecule has 0 spiro atoms. The smallest absolute Gasteiger partial charge is 0.177 e. The van der Waals surface area contributed by atoms with E-state index in [4.69, 9.17) is 4.74 Å². The Labute approximate surface area is 184 Å². The highest BCUT2D eigenvalue weighted by Crippen LogP contribution is 2.49. The van der Waals surface area contributed by atoms with Gasteiger partial charge in [-0.15, -0.1) is 0 Å². The number of fused-ring (bicyclic) bond motifs is 3. The fourth-order valence-electron chi connectivity index (χ4n) is 4.23. The largest absolute Gasteiger partial charge is 0.464 e. The summed E-state index contributed by atoms with van der Waals surface area (Å²) in [5.74, 6) is 0.707. The third-order valence-corrected chi connectivity index (χ3v) is 6.95. The zero-order valence-electron chi connectivity index (χ0n) is 18.6. The molecule has 5 nitrogen and oxygen atoms in total. The van der Waals surface area contributed by atoms with Crippen LogP contribution < -0.4 is 9.80 Å². The van der Waals surface area contributed by atoms with Crippen LogP contribution in [0.25, 0.3) is 6.08 Å². The van der Waals surface area contributed by atoms with Gasteiger partial charge in [0.1, 0.15) is 5.54 Å². The van der Waals surface area contributed by atoms with Crippen molar-refractivity contribution in [1.29, 1.82) is 0 Å². The van der Waals surface area contributed by atoms with Gasteiger partial charge >= 0.3 is 0 Å². The van der Waals surface area contributed by atoms with Crippen LogP contribution in [-0.4, -0.2) is 40.5 Å². The SMILES string of the molecule is CN(C)c1ccc(C=CC=C=C2OC3Cc4cccc(S(C)(=O)=O)c4N3C2(C)C)cc1. The molecular formula is C25H28N2O3S. The maximum atomic E-state index is 12.4. The topological polar surface area (TPSA) is 49.9 Å². The molecule has 2 aromatic rings. The summed E-state index contributed by atoms with van der Waals surface area (Å²) in [4.78, 5) is 4.51. The van der Waals surface area contributed by atoms with Gasteiger partial charge in [0.2, 0.25) is 0 Å². The Hall–Kier alpha value is -2.95. The van der Waals surface area contributed by atoms with Crippen LogP contribution >= 0.6 is 0 Å². The molecule has 162 valence electrons. The molecule has 0 aromatic heterocycles. The summed E-state index contributed by atoms with van der Waals surface area (Å²) in [6.07, 6.45) is 7.51. The molecule has 0 amide bonds. The zero-order valence-corrected chi connectivity index (χ0v) is 19.4. The van der Waals surface area contributed by atoms with E-state index in [-0.39, 0.29) is 6.23 Å². The van der Waals surface area contributed by atoms with Crippen molar-refractivity contribution in [2.75, 3.05) is 30.2 Å². The average molecular weight is 437 g/mol. The lowest BCUT2D eigenvalue weighted by Gasteiger charge is -2.31. The lowest BCUT2D eigenvalue weighted by atomic mass is 10.0. The van der Waals surface area contributed by atoms with Crippen LogP contribution in [0.5, 0.6) is 0 Å². The van der Waals surface area contributed by atoms with Crippen molar-refractivity contribution in [3.8, 4) is 0 Å². The molecule has 2 heterocycles. The molecule has 1 unspecified atom stereocenters. The van der Waals surface area contributed by atoms with Crippen molar-refractivity contribution in [2.45, 2.75) is 36.9 Å². The van der Waals surface area contributed by atoms with Crippen LogP contribution in [0.1, 0.15) is 25.0 Å². The predicted octanol–water partition coefficient (Wildman–Crippen LogP) is 4.41. The molecule has 2 aliphatic heterocycles. The Morgan fingerprint density at radius 3 is 2.52 bits per heavy atom. The van der Waals surface area contributed by atoms with E-state index in [1.165, 1.54) is 6.26 Å². The Bertz CT molecular complexity index is 1200. The molecule has 4 rings (SSSR count). The van der Waals surface area contributed by atoms with E-state index in [0.717, 1.165) is 22.5 Å². The van der Waals surface area contributed by atoms with Crippen LogP contribution in [0.15, 0.2) is 71.0 Å². The highest BCUT2D eigenvalue weighted by atomic mass is 32.2. The molecular weight excluding hydrogens is 408 g/mol. The third-order valence-electron chi connectivity index (χ3n) is 5.83. The lowest BCUT2D eigenvalue weighted by molar-refractivity contribution is 0.167. The minimum absolute atomic E-state index is 0.216. The van der Waals surface area contributed by atoms with E-state index >= 15 is 0 Å². The average Bonchev–Trinajstić information content (AvgIpc) is 3.19. The first-order valence-electron chi connectivity index (χ1n) is 10.3. The number of nitrogens with zero attached hydrogens (tertiary/aromatic N) is 2. The number of rotatable bonds is 4. The lowest BCUT2D eigenvalue weighted by Crippen LogP contribution is -2.42. The fourth-order valence-corrected chi connectivity index (χ4v) is 5.14. The number of hydrogen-bond donors (Lipinski definition) is 0. The van der Waals surface area contributed by atoms with Crippen LogP contribution in [0, 0.1) is 0 Å². The van der Waals surface area contributed by atoms with Crippen molar-refractivity contribution < 1.29 is 13.2 Å². The van der Waals surface area contributed by atoms with E-state index in [2.05, 4.69) is 39.8 Å². The molecule has 2 aliphatic rings. The minimum Gasteiger partial charge on any atom is -0.464 e. The van der Waals surface area contributed by atoms with Gasteiger partial charge in [0, 0.05) is 32.5 Å². The van der Waals surface area contributed by atoms with Crippen LogP contribution in [0.3, 0.4) is 0 Å². The summed E-state index contributed by atoms with van der Waals surface area (Å²) < 4.78 is 31.0. The Kier molecular flexibility index (Phi) is 5.24. The molecule has 1 atom stereocenters. The van der Waals surface area contributed by atoms with Gasteiger partial charge in [0.25, 0.3) is 0 Å². The van der Waals surface area contributed by atoms with Crippen LogP contribution in [0.4, 0.5) is 11.4 Å². The maximum Gasteiger partial charge on any atom is 0.177 e. The van der Waals surface area contributed by atoms with Gasteiger partial charge in [-0.2, -0.15) is 0 Å². The first-order valence-corrected chi connectivity index (χ1v) is 12.2. The quantitative estimate of drug-likeness (QED) is 0.525. The number of hydrogen-bond acceptors (Lipinski definition) is 5. The molecule has 2 aromatic carbocycles. The second kappa shape index (κ2) is 7.63. The van der Waals surface area contributed by atoms with Gasteiger partial charge in [-0.1, -0.05) is 42.1 Å². The fraction of sp³-hybridized carbons (Fsp3) is 0.320. The number of benzene rings is 2. The Balaban J connectivity index is 1.61. The van der Waals surface area contributed by atoms with Gasteiger partial charge in [-0.25, -0.2) is 8.42 Å². The van der Waals surface area contributed by atoms with Crippen LogP contribution in [-0.2, 0) is 21.0 Å². The van der Waals surface area contributed by atoms with Crippen LogP contribution in [0.2, 0.25) is 0 Å². The molecule has 31 heavy (non-hydrogen) atoms. The first-order chi connectivity index (χ1) is 14.6. The van der Waals surface area contributed by atoms with Gasteiger partial charge < -0.3 is 14.5 Å². The standard InChI is InChI=1S/C25H28N2O3S/c1-25(2)22(12-7-6-9-18-13-15-20(16-14-18)26(3)4)30-23-17-19-10-8-11-21(31(5,28)29)24(19)27(23)25/h6-11,13-16,23H,17H2,1-5H3. The second-order valence-electron chi connectivity index (χ2n) is 8.73. The van der Waals surface area contributed by atoms with E-state index in [1.54, 1.807) is 12.1 Å². The molecule has 0 saturated carbocycles. The summed E-state index contributed by atoms with van der Waals surface area (Å²) in [6, 6.07) is 13.8. The predicted molar refractivity (Wildman–Crippen MR) is 126 cm³/mol. The van der Waals surface area contributed by atoms with E-state index in [9.17, 15) is 8.42 Å². The van der Waals surface area contributed by atoms with E-state index in [1.807, 2.05) is 52.2 Å². The van der Waals surface area contributed by atoms with Gasteiger partial charge in [-0.3, -0.25) is 0 Å². The molecule has 6 heteroatoms. The summed E-state index contributed by atoms with van der Waals surface area (Å²) in [5, 5.41) is 0. The highest BCUT2D eigenvalue weighted by Gasteiger charge is 2.51. The molecule has 1 fully saturated rings. The molecule has 1 saturated heterocycles. The molecule has 0 bridgehead atoms. The first kappa shape index (κ1) is 21.3. The third kappa shape index (κ3) is 3.89. The minimum atomic E-state index is -3.34.